The van der Waals surface area contributed by atoms with Gasteiger partial charge in [0.05, 0.1) is 13.8 Å². The van der Waals surface area contributed by atoms with Gasteiger partial charge in [-0.25, -0.2) is 0 Å². The largest absolute Gasteiger partial charge is 0.496 e. The van der Waals surface area contributed by atoms with Crippen LogP contribution in [0.3, 0.4) is 0 Å². The van der Waals surface area contributed by atoms with Crippen LogP contribution < -0.4 is 10.5 Å². The average molecular weight is 211 g/mol. The minimum atomic E-state index is -0.586. The molecular formula is C12H18FNO. The number of hydrogen-bond donors (Lipinski definition) is 1. The van der Waals surface area contributed by atoms with E-state index in [9.17, 15) is 4.39 Å². The fraction of sp³-hybridized carbons (Fsp3) is 0.500. The van der Waals surface area contributed by atoms with Crippen LogP contribution in [0.15, 0.2) is 18.2 Å². The van der Waals surface area contributed by atoms with Gasteiger partial charge in [-0.15, -0.1) is 0 Å². The Kier molecular flexibility index (Phi) is 3.69. The first-order chi connectivity index (χ1) is 7.07. The van der Waals surface area contributed by atoms with Crippen molar-refractivity contribution in [3.63, 3.8) is 0 Å². The summed E-state index contributed by atoms with van der Waals surface area (Å²) in [5.74, 6) is 0.817. The highest BCUT2D eigenvalue weighted by molar-refractivity contribution is 5.39. The van der Waals surface area contributed by atoms with Gasteiger partial charge in [0.25, 0.3) is 0 Å². The normalized spacial score (nSPS) is 14.7. The summed E-state index contributed by atoms with van der Waals surface area (Å²) in [6.07, 6.45) is 0. The molecule has 0 spiro atoms. The first-order valence-corrected chi connectivity index (χ1v) is 4.98. The molecule has 1 aromatic carbocycles. The Hall–Kier alpha value is -1.09. The molecule has 0 aliphatic carbocycles. The van der Waals surface area contributed by atoms with Gasteiger partial charge in [0.2, 0.25) is 0 Å². The summed E-state index contributed by atoms with van der Waals surface area (Å²) in [7, 11) is 1.62. The van der Waals surface area contributed by atoms with Gasteiger partial charge in [-0.3, -0.25) is 4.39 Å². The number of nitrogens with two attached hydrogens (primary N) is 1. The molecule has 1 rings (SSSR count). The van der Waals surface area contributed by atoms with E-state index < -0.39 is 12.1 Å². The lowest BCUT2D eigenvalue weighted by Gasteiger charge is -2.25. The van der Waals surface area contributed by atoms with Crippen molar-refractivity contribution in [2.75, 3.05) is 20.3 Å². The quantitative estimate of drug-likeness (QED) is 0.828. The molecule has 0 aliphatic rings. The van der Waals surface area contributed by atoms with Gasteiger partial charge in [0, 0.05) is 12.0 Å². The number of aryl methyl sites for hydroxylation is 1. The summed E-state index contributed by atoms with van der Waals surface area (Å²) in [5.41, 5.74) is 6.94. The van der Waals surface area contributed by atoms with Crippen LogP contribution in [-0.4, -0.2) is 20.3 Å². The molecule has 0 saturated carbocycles. The highest BCUT2D eigenvalue weighted by Gasteiger charge is 2.25. The van der Waals surface area contributed by atoms with Crippen LogP contribution in [0.25, 0.3) is 0 Å². The number of ether oxygens (including phenoxy) is 1. The van der Waals surface area contributed by atoms with Crippen molar-refractivity contribution in [1.29, 1.82) is 0 Å². The van der Waals surface area contributed by atoms with Crippen LogP contribution in [-0.2, 0) is 5.41 Å². The Morgan fingerprint density at radius 3 is 2.53 bits per heavy atom. The molecule has 1 aromatic rings. The second-order valence-electron chi connectivity index (χ2n) is 4.08. The molecule has 1 unspecified atom stereocenters. The number of benzene rings is 1. The maximum atomic E-state index is 12.9. The highest BCUT2D eigenvalue weighted by atomic mass is 19.1. The van der Waals surface area contributed by atoms with Crippen molar-refractivity contribution in [2.24, 2.45) is 5.73 Å². The zero-order valence-electron chi connectivity index (χ0n) is 9.51. The number of halogens is 1. The van der Waals surface area contributed by atoms with E-state index in [1.807, 2.05) is 32.0 Å². The van der Waals surface area contributed by atoms with E-state index >= 15 is 0 Å². The van der Waals surface area contributed by atoms with Gasteiger partial charge >= 0.3 is 0 Å². The van der Waals surface area contributed by atoms with E-state index in [1.54, 1.807) is 7.11 Å². The summed E-state index contributed by atoms with van der Waals surface area (Å²) in [6, 6.07) is 5.66. The summed E-state index contributed by atoms with van der Waals surface area (Å²) in [6.45, 7) is 3.62. The average Bonchev–Trinajstić information content (AvgIpc) is 2.28. The van der Waals surface area contributed by atoms with E-state index in [1.165, 1.54) is 0 Å². The van der Waals surface area contributed by atoms with E-state index in [0.717, 1.165) is 16.9 Å². The van der Waals surface area contributed by atoms with Crippen molar-refractivity contribution in [1.82, 2.24) is 0 Å². The molecule has 0 radical (unpaired) electrons. The van der Waals surface area contributed by atoms with Gasteiger partial charge < -0.3 is 10.5 Å². The van der Waals surface area contributed by atoms with Crippen LogP contribution in [0, 0.1) is 6.92 Å². The molecule has 1 atom stereocenters. The van der Waals surface area contributed by atoms with E-state index in [2.05, 4.69) is 0 Å². The molecule has 0 bridgehead atoms. The number of alkyl halides is 1. The van der Waals surface area contributed by atoms with E-state index in [4.69, 9.17) is 10.5 Å². The standard InChI is InChI=1S/C12H18FNO/c1-9-6-10(4-5-11(9)15-3)12(2,7-13)8-14/h4-6H,7-8,14H2,1-3H3. The monoisotopic (exact) mass is 211 g/mol. The molecule has 2 nitrogen and oxygen atoms in total. The lowest BCUT2D eigenvalue weighted by Crippen LogP contribution is -2.34. The van der Waals surface area contributed by atoms with Gasteiger partial charge in [-0.2, -0.15) is 0 Å². The van der Waals surface area contributed by atoms with Crippen LogP contribution >= 0.6 is 0 Å². The van der Waals surface area contributed by atoms with E-state index in [0.29, 0.717) is 6.54 Å². The minimum Gasteiger partial charge on any atom is -0.496 e. The van der Waals surface area contributed by atoms with E-state index in [-0.39, 0.29) is 0 Å². The van der Waals surface area contributed by atoms with Crippen molar-refractivity contribution >= 4 is 0 Å². The Bertz CT molecular complexity index is 334. The van der Waals surface area contributed by atoms with Crippen LogP contribution in [0.1, 0.15) is 18.1 Å². The third kappa shape index (κ3) is 2.29. The lowest BCUT2D eigenvalue weighted by atomic mass is 9.83. The van der Waals surface area contributed by atoms with Crippen LogP contribution in [0.5, 0.6) is 5.75 Å². The Morgan fingerprint density at radius 2 is 2.13 bits per heavy atom. The van der Waals surface area contributed by atoms with Crippen molar-refractivity contribution in [3.8, 4) is 5.75 Å². The SMILES string of the molecule is COc1ccc(C(C)(CN)CF)cc1C. The van der Waals surface area contributed by atoms with Gasteiger partial charge in [0.1, 0.15) is 5.75 Å². The third-order valence-electron chi connectivity index (χ3n) is 2.84. The predicted octanol–water partition coefficient (Wildman–Crippen LogP) is 2.19. The summed E-state index contributed by atoms with van der Waals surface area (Å²) >= 11 is 0. The molecule has 3 heteroatoms. The Morgan fingerprint density at radius 1 is 1.47 bits per heavy atom. The fourth-order valence-electron chi connectivity index (χ4n) is 1.50. The number of hydrogen-bond acceptors (Lipinski definition) is 2. The second kappa shape index (κ2) is 4.62. The van der Waals surface area contributed by atoms with Gasteiger partial charge in [0.15, 0.2) is 0 Å². The first-order valence-electron chi connectivity index (χ1n) is 4.98. The first kappa shape index (κ1) is 12.0. The maximum absolute atomic E-state index is 12.9. The van der Waals surface area contributed by atoms with Crippen molar-refractivity contribution in [2.45, 2.75) is 19.3 Å². The Labute approximate surface area is 90.2 Å². The summed E-state index contributed by atoms with van der Waals surface area (Å²) in [4.78, 5) is 0. The minimum absolute atomic E-state index is 0.301. The maximum Gasteiger partial charge on any atom is 0.121 e. The number of methoxy groups -OCH3 is 1. The third-order valence-corrected chi connectivity index (χ3v) is 2.84. The molecule has 0 aliphatic heterocycles. The summed E-state index contributed by atoms with van der Waals surface area (Å²) < 4.78 is 18.1. The molecule has 0 saturated heterocycles. The molecule has 0 heterocycles. The number of rotatable bonds is 4. The molecule has 0 amide bonds. The smallest absolute Gasteiger partial charge is 0.121 e. The second-order valence-corrected chi connectivity index (χ2v) is 4.08. The topological polar surface area (TPSA) is 35.2 Å². The van der Waals surface area contributed by atoms with Crippen LogP contribution in [0.2, 0.25) is 0 Å². The molecule has 84 valence electrons. The van der Waals surface area contributed by atoms with Gasteiger partial charge in [-0.05, 0) is 24.1 Å². The molecule has 0 fully saturated rings. The molecule has 15 heavy (non-hydrogen) atoms. The van der Waals surface area contributed by atoms with Gasteiger partial charge in [-0.1, -0.05) is 19.1 Å². The molecular weight excluding hydrogens is 193 g/mol. The Balaban J connectivity index is 3.11. The zero-order valence-corrected chi connectivity index (χ0v) is 9.51. The molecule has 2 N–H and O–H groups in total. The highest BCUT2D eigenvalue weighted by Crippen LogP contribution is 2.27. The molecule has 0 aromatic heterocycles. The lowest BCUT2D eigenvalue weighted by molar-refractivity contribution is 0.333. The van der Waals surface area contributed by atoms with Crippen molar-refractivity contribution < 1.29 is 9.13 Å². The zero-order chi connectivity index (χ0) is 11.5. The predicted molar refractivity (Wildman–Crippen MR) is 60.1 cm³/mol. The van der Waals surface area contributed by atoms with Crippen LogP contribution in [0.4, 0.5) is 4.39 Å². The summed E-state index contributed by atoms with van der Waals surface area (Å²) in [5, 5.41) is 0. The fourth-order valence-corrected chi connectivity index (χ4v) is 1.50. The van der Waals surface area contributed by atoms with Crippen molar-refractivity contribution in [3.05, 3.63) is 29.3 Å².